The Morgan fingerprint density at radius 2 is 1.57 bits per heavy atom. The summed E-state index contributed by atoms with van der Waals surface area (Å²) in [4.78, 5) is 26.1. The van der Waals surface area contributed by atoms with Gasteiger partial charge in [-0.1, -0.05) is 72.8 Å². The second-order valence-corrected chi connectivity index (χ2v) is 8.97. The molecular weight excluding hydrogens is 462 g/mol. The number of rotatable bonds is 7. The molecule has 0 amide bonds. The summed E-state index contributed by atoms with van der Waals surface area (Å²) in [6, 6.07) is 29.3. The number of hydrogen-bond acceptors (Lipinski definition) is 6. The Labute approximate surface area is 216 Å². The number of fused-ring (bicyclic) bond motifs is 1. The van der Waals surface area contributed by atoms with Crippen LogP contribution in [0.2, 0.25) is 0 Å². The monoisotopic (exact) mass is 490 g/mol. The number of piperazine rings is 1. The van der Waals surface area contributed by atoms with Crippen molar-refractivity contribution in [3.05, 3.63) is 108 Å². The van der Waals surface area contributed by atoms with Crippen molar-refractivity contribution in [3.8, 4) is 6.07 Å². The zero-order valence-electron chi connectivity index (χ0n) is 20.5. The molecule has 1 fully saturated rings. The van der Waals surface area contributed by atoms with Crippen LogP contribution in [0.4, 0.5) is 5.82 Å². The highest BCUT2D eigenvalue weighted by atomic mass is 16.5. The molecule has 0 radical (unpaired) electrons. The third kappa shape index (κ3) is 5.83. The molecule has 0 spiro atoms. The van der Waals surface area contributed by atoms with E-state index in [0.717, 1.165) is 37.3 Å². The van der Waals surface area contributed by atoms with Crippen LogP contribution in [0.5, 0.6) is 0 Å². The van der Waals surface area contributed by atoms with Crippen molar-refractivity contribution in [2.45, 2.75) is 12.5 Å². The van der Waals surface area contributed by atoms with E-state index in [-0.39, 0.29) is 6.61 Å². The van der Waals surface area contributed by atoms with Gasteiger partial charge in [0.1, 0.15) is 12.3 Å². The van der Waals surface area contributed by atoms with Gasteiger partial charge in [-0.05, 0) is 29.3 Å². The van der Waals surface area contributed by atoms with Gasteiger partial charge in [0.25, 0.3) is 0 Å². The van der Waals surface area contributed by atoms with Gasteiger partial charge in [0.15, 0.2) is 11.7 Å². The van der Waals surface area contributed by atoms with E-state index in [1.807, 2.05) is 72.8 Å². The number of nitrogens with zero attached hydrogens (tertiary/aromatic N) is 4. The van der Waals surface area contributed by atoms with Crippen LogP contribution in [0, 0.1) is 11.3 Å². The molecule has 7 nitrogen and oxygen atoms in total. The number of quaternary nitrogens is 1. The van der Waals surface area contributed by atoms with E-state index in [1.165, 1.54) is 10.5 Å². The van der Waals surface area contributed by atoms with E-state index < -0.39 is 11.9 Å². The number of ether oxygens (including phenoxy) is 1. The molecule has 1 aliphatic rings. The first-order valence-corrected chi connectivity index (χ1v) is 12.4. The summed E-state index contributed by atoms with van der Waals surface area (Å²) < 4.78 is 5.52. The fraction of sp³-hybridized carbons (Fsp3) is 0.200. The lowest BCUT2D eigenvalue weighted by Gasteiger charge is -2.32. The minimum Gasteiger partial charge on any atom is -0.460 e. The van der Waals surface area contributed by atoms with E-state index >= 15 is 0 Å². The first-order chi connectivity index (χ1) is 18.2. The lowest BCUT2D eigenvalue weighted by Crippen LogP contribution is -3.10. The van der Waals surface area contributed by atoms with Crippen LogP contribution in [0.1, 0.15) is 22.7 Å². The van der Waals surface area contributed by atoms with Crippen molar-refractivity contribution < 1.29 is 14.4 Å². The maximum Gasteiger partial charge on any atom is 0.330 e. The number of aromatic nitrogens is 2. The lowest BCUT2D eigenvalue weighted by atomic mass is 10.1. The molecule has 0 unspecified atom stereocenters. The third-order valence-electron chi connectivity index (χ3n) is 6.46. The first-order valence-electron chi connectivity index (χ1n) is 12.4. The molecule has 1 atom stereocenters. The zero-order chi connectivity index (χ0) is 25.5. The molecule has 5 rings (SSSR count). The van der Waals surface area contributed by atoms with Crippen LogP contribution in [0.25, 0.3) is 17.1 Å². The minimum atomic E-state index is -1.17. The van der Waals surface area contributed by atoms with Gasteiger partial charge in [0.2, 0.25) is 0 Å². The van der Waals surface area contributed by atoms with Crippen molar-refractivity contribution in [1.82, 2.24) is 9.97 Å². The predicted octanol–water partition coefficient (Wildman–Crippen LogP) is 3.36. The third-order valence-corrected chi connectivity index (χ3v) is 6.46. The number of para-hydroxylation sites is 2. The van der Waals surface area contributed by atoms with Crippen LogP contribution in [0.3, 0.4) is 0 Å². The molecule has 0 aliphatic carbocycles. The molecule has 184 valence electrons. The van der Waals surface area contributed by atoms with Crippen LogP contribution >= 0.6 is 0 Å². The summed E-state index contributed by atoms with van der Waals surface area (Å²) >= 11 is 0. The van der Waals surface area contributed by atoms with E-state index in [9.17, 15) is 10.1 Å². The van der Waals surface area contributed by atoms with Crippen LogP contribution in [0.15, 0.2) is 91.1 Å². The fourth-order valence-electron chi connectivity index (χ4n) is 4.42. The second-order valence-electron chi connectivity index (χ2n) is 8.97. The van der Waals surface area contributed by atoms with E-state index in [4.69, 9.17) is 14.7 Å². The number of carbonyl (C=O) groups excluding carboxylic acids is 1. The van der Waals surface area contributed by atoms with Crippen LogP contribution in [-0.4, -0.2) is 42.1 Å². The van der Waals surface area contributed by atoms with Gasteiger partial charge >= 0.3 is 5.97 Å². The molecule has 0 saturated carbocycles. The second kappa shape index (κ2) is 11.5. The maximum atomic E-state index is 13.0. The van der Waals surface area contributed by atoms with Crippen molar-refractivity contribution in [2.75, 3.05) is 31.1 Å². The van der Waals surface area contributed by atoms with E-state index in [1.54, 1.807) is 0 Å². The van der Waals surface area contributed by atoms with Gasteiger partial charge in [-0.3, -0.25) is 4.79 Å². The fourth-order valence-corrected chi connectivity index (χ4v) is 4.42. The average molecular weight is 491 g/mol. The van der Waals surface area contributed by atoms with Crippen molar-refractivity contribution >= 4 is 28.9 Å². The highest BCUT2D eigenvalue weighted by Gasteiger charge is 2.31. The molecular formula is C30H28N5O2+. The van der Waals surface area contributed by atoms with Crippen molar-refractivity contribution in [3.63, 3.8) is 0 Å². The largest absolute Gasteiger partial charge is 0.460 e. The quantitative estimate of drug-likeness (QED) is 0.400. The van der Waals surface area contributed by atoms with Gasteiger partial charge in [-0.2, -0.15) is 5.26 Å². The Morgan fingerprint density at radius 1 is 0.946 bits per heavy atom. The molecule has 1 aromatic heterocycles. The van der Waals surface area contributed by atoms with Gasteiger partial charge in [-0.15, -0.1) is 0 Å². The normalized spacial score (nSPS) is 14.9. The molecule has 0 bridgehead atoms. The smallest absolute Gasteiger partial charge is 0.330 e. The molecule has 37 heavy (non-hydrogen) atoms. The Kier molecular flexibility index (Phi) is 7.49. The molecule has 1 N–H and O–H groups in total. The summed E-state index contributed by atoms with van der Waals surface area (Å²) in [5, 5.41) is 10.0. The number of benzene rings is 3. The number of hydrogen-bond donors (Lipinski definition) is 1. The van der Waals surface area contributed by atoms with Gasteiger partial charge < -0.3 is 14.5 Å². The van der Waals surface area contributed by atoms with Gasteiger partial charge in [0, 0.05) is 0 Å². The maximum absolute atomic E-state index is 13.0. The molecule has 1 aliphatic heterocycles. The molecule has 4 aromatic rings. The summed E-state index contributed by atoms with van der Waals surface area (Å²) in [6.07, 6.45) is 4.33. The summed E-state index contributed by atoms with van der Waals surface area (Å²) in [5.41, 5.74) is 3.76. The number of nitrogens with one attached hydrogen (secondary N) is 1. The Morgan fingerprint density at radius 3 is 2.24 bits per heavy atom. The number of anilines is 1. The zero-order valence-corrected chi connectivity index (χ0v) is 20.5. The number of nitriles is 1. The standard InChI is InChI=1S/C30H27N5O2/c31-21-25(30(36)37-22-24-11-5-2-6-12-24)28-29(33-27-14-8-7-13-26(27)32-28)35-19-17-34(18-20-35)16-15-23-9-3-1-4-10-23/h1-16,25H,17-20,22H2/p+1/b16-15+/t25-/m0/s1. The summed E-state index contributed by atoms with van der Waals surface area (Å²) in [6.45, 7) is 3.29. The molecule has 3 aromatic carbocycles. The predicted molar refractivity (Wildman–Crippen MR) is 143 cm³/mol. The van der Waals surface area contributed by atoms with Crippen molar-refractivity contribution in [2.24, 2.45) is 0 Å². The van der Waals surface area contributed by atoms with Gasteiger partial charge in [0.05, 0.1) is 49.5 Å². The average Bonchev–Trinajstić information content (AvgIpc) is 2.96. The topological polar surface area (TPSA) is 83.5 Å². The first kappa shape index (κ1) is 24.2. The highest BCUT2D eigenvalue weighted by Crippen LogP contribution is 2.28. The Bertz CT molecular complexity index is 1430. The van der Waals surface area contributed by atoms with Gasteiger partial charge in [-0.25, -0.2) is 9.97 Å². The van der Waals surface area contributed by atoms with Crippen molar-refractivity contribution in [1.29, 1.82) is 5.26 Å². The van der Waals surface area contributed by atoms with E-state index in [0.29, 0.717) is 17.0 Å². The summed E-state index contributed by atoms with van der Waals surface area (Å²) in [7, 11) is 0. The Hall–Kier alpha value is -4.54. The lowest BCUT2D eigenvalue weighted by molar-refractivity contribution is -0.846. The Balaban J connectivity index is 1.36. The summed E-state index contributed by atoms with van der Waals surface area (Å²) in [5.74, 6) is -1.21. The molecule has 7 heteroatoms. The number of esters is 1. The van der Waals surface area contributed by atoms with Crippen LogP contribution in [-0.2, 0) is 16.1 Å². The minimum absolute atomic E-state index is 0.101. The number of carbonyl (C=O) groups is 1. The molecule has 1 saturated heterocycles. The van der Waals surface area contributed by atoms with Crippen LogP contribution < -0.4 is 9.80 Å². The molecule has 2 heterocycles. The SMILES string of the molecule is N#C[C@H](C(=O)OCc1ccccc1)c1nc2ccccc2nc1N1CC[NH+](/C=C/c2ccccc2)CC1. The van der Waals surface area contributed by atoms with E-state index in [2.05, 4.69) is 35.4 Å². The highest BCUT2D eigenvalue weighted by molar-refractivity contribution is 5.85.